The van der Waals surface area contributed by atoms with E-state index in [0.29, 0.717) is 11.3 Å². The molecule has 2 N–H and O–H groups in total. The first-order valence-corrected chi connectivity index (χ1v) is 13.0. The van der Waals surface area contributed by atoms with Gasteiger partial charge in [0.25, 0.3) is 5.91 Å². The number of para-hydroxylation sites is 2. The van der Waals surface area contributed by atoms with Crippen LogP contribution in [0.1, 0.15) is 55.3 Å². The monoisotopic (exact) mass is 476 g/mol. The van der Waals surface area contributed by atoms with Gasteiger partial charge < -0.3 is 25.2 Å². The van der Waals surface area contributed by atoms with Crippen LogP contribution in [0.4, 0.5) is 17.1 Å². The first-order valence-electron chi connectivity index (χ1n) is 13.0. The highest BCUT2D eigenvalue weighted by atomic mass is 16.5. The third-order valence-corrected chi connectivity index (χ3v) is 7.44. The molecule has 0 aromatic heterocycles. The van der Waals surface area contributed by atoms with Gasteiger partial charge in [0.15, 0.2) is 0 Å². The summed E-state index contributed by atoms with van der Waals surface area (Å²) in [7, 11) is 1.70. The predicted octanol–water partition coefficient (Wildman–Crippen LogP) is 4.43. The number of hydrogen-bond acceptors (Lipinski definition) is 5. The van der Waals surface area contributed by atoms with Crippen LogP contribution in [0.5, 0.6) is 5.75 Å². The zero-order chi connectivity index (χ0) is 24.2. The Hall–Kier alpha value is -3.22. The summed E-state index contributed by atoms with van der Waals surface area (Å²) in [4.78, 5) is 30.4. The van der Waals surface area contributed by atoms with E-state index in [1.807, 2.05) is 36.4 Å². The molecule has 0 atom stereocenters. The van der Waals surface area contributed by atoms with Crippen molar-refractivity contribution >= 4 is 28.9 Å². The molecule has 35 heavy (non-hydrogen) atoms. The molecular weight excluding hydrogens is 440 g/mol. The molecule has 1 saturated heterocycles. The Morgan fingerprint density at radius 2 is 1.54 bits per heavy atom. The number of nitrogens with one attached hydrogen (secondary N) is 2. The van der Waals surface area contributed by atoms with Crippen molar-refractivity contribution in [3.05, 3.63) is 48.0 Å². The van der Waals surface area contributed by atoms with E-state index in [1.54, 1.807) is 7.11 Å². The van der Waals surface area contributed by atoms with Crippen LogP contribution in [0.2, 0.25) is 0 Å². The molecule has 2 aliphatic carbocycles. The Morgan fingerprint density at radius 1 is 0.857 bits per heavy atom. The number of rotatable bonds is 7. The molecule has 2 saturated carbocycles. The van der Waals surface area contributed by atoms with Crippen LogP contribution in [0, 0.1) is 5.92 Å². The number of nitrogens with zero attached hydrogens (tertiary/aromatic N) is 2. The highest BCUT2D eigenvalue weighted by Crippen LogP contribution is 2.33. The van der Waals surface area contributed by atoms with E-state index in [2.05, 4.69) is 26.5 Å². The fourth-order valence-corrected chi connectivity index (χ4v) is 5.25. The summed E-state index contributed by atoms with van der Waals surface area (Å²) < 4.78 is 5.56. The maximum Gasteiger partial charge on any atom is 0.253 e. The molecule has 186 valence electrons. The highest BCUT2D eigenvalue weighted by Gasteiger charge is 2.30. The average molecular weight is 477 g/mol. The zero-order valence-electron chi connectivity index (χ0n) is 20.6. The second-order valence-corrected chi connectivity index (χ2v) is 9.95. The van der Waals surface area contributed by atoms with Crippen molar-refractivity contribution in [2.24, 2.45) is 5.92 Å². The quantitative estimate of drug-likeness (QED) is 0.618. The average Bonchev–Trinajstić information content (AvgIpc) is 3.75. The van der Waals surface area contributed by atoms with E-state index in [4.69, 9.17) is 4.74 Å². The first kappa shape index (κ1) is 23.5. The Balaban J connectivity index is 1.34. The lowest BCUT2D eigenvalue weighted by atomic mass is 9.95. The van der Waals surface area contributed by atoms with Crippen molar-refractivity contribution < 1.29 is 14.3 Å². The molecule has 2 aromatic rings. The fraction of sp³-hybridized carbons (Fsp3) is 0.500. The molecule has 1 aliphatic heterocycles. The maximum atomic E-state index is 13.5. The van der Waals surface area contributed by atoms with E-state index >= 15 is 0 Å². The van der Waals surface area contributed by atoms with Crippen LogP contribution in [0.25, 0.3) is 0 Å². The highest BCUT2D eigenvalue weighted by molar-refractivity contribution is 6.02. The number of benzene rings is 2. The van der Waals surface area contributed by atoms with Crippen LogP contribution >= 0.6 is 0 Å². The van der Waals surface area contributed by atoms with E-state index in [0.717, 1.165) is 69.0 Å². The van der Waals surface area contributed by atoms with Crippen molar-refractivity contribution in [3.63, 3.8) is 0 Å². The largest absolute Gasteiger partial charge is 0.495 e. The van der Waals surface area contributed by atoms with Gasteiger partial charge in [-0.3, -0.25) is 9.59 Å². The number of anilines is 3. The summed E-state index contributed by atoms with van der Waals surface area (Å²) in [5.74, 6) is 1.02. The topological polar surface area (TPSA) is 73.9 Å². The molecule has 0 bridgehead atoms. The van der Waals surface area contributed by atoms with Crippen molar-refractivity contribution in [3.8, 4) is 5.75 Å². The Labute approximate surface area is 207 Å². The van der Waals surface area contributed by atoms with Crippen LogP contribution in [0.15, 0.2) is 42.5 Å². The normalized spacial score (nSPS) is 18.8. The lowest BCUT2D eigenvalue weighted by Gasteiger charge is -2.38. The van der Waals surface area contributed by atoms with Gasteiger partial charge >= 0.3 is 0 Å². The fourth-order valence-electron chi connectivity index (χ4n) is 5.25. The van der Waals surface area contributed by atoms with Gasteiger partial charge in [-0.05, 0) is 56.0 Å². The minimum Gasteiger partial charge on any atom is -0.495 e. The molecule has 3 fully saturated rings. The van der Waals surface area contributed by atoms with Gasteiger partial charge in [0.1, 0.15) is 5.75 Å². The molecule has 7 heteroatoms. The summed E-state index contributed by atoms with van der Waals surface area (Å²) in [6.07, 6.45) is 7.57. The van der Waals surface area contributed by atoms with Crippen molar-refractivity contribution in [1.29, 1.82) is 0 Å². The summed E-state index contributed by atoms with van der Waals surface area (Å²) in [6.45, 7) is 3.28. The van der Waals surface area contributed by atoms with Crippen LogP contribution in [-0.4, -0.2) is 51.1 Å². The molecule has 0 unspecified atom stereocenters. The predicted molar refractivity (Wildman–Crippen MR) is 140 cm³/mol. The Bertz CT molecular complexity index is 1050. The Kier molecular flexibility index (Phi) is 7.11. The number of hydrogen-bond donors (Lipinski definition) is 2. The molecule has 5 rings (SSSR count). The smallest absolute Gasteiger partial charge is 0.253 e. The lowest BCUT2D eigenvalue weighted by Crippen LogP contribution is -2.47. The number of ether oxygens (including phenoxy) is 1. The molecule has 7 nitrogen and oxygen atoms in total. The summed E-state index contributed by atoms with van der Waals surface area (Å²) in [5, 5.41) is 6.29. The number of methoxy groups -OCH3 is 1. The summed E-state index contributed by atoms with van der Waals surface area (Å²) in [6, 6.07) is 14.1. The van der Waals surface area contributed by atoms with Gasteiger partial charge in [-0.1, -0.05) is 31.4 Å². The van der Waals surface area contributed by atoms with Crippen LogP contribution < -0.4 is 25.2 Å². The van der Waals surface area contributed by atoms with Crippen molar-refractivity contribution in [2.45, 2.75) is 51.0 Å². The summed E-state index contributed by atoms with van der Waals surface area (Å²) in [5.41, 5.74) is 3.38. The standard InChI is InChI=1S/C28H36N4O3/c1-35-26-10-6-5-9-25(26)32-17-15-31(16-18-32)24-14-13-22(30-27(33)20-11-12-20)19-23(24)28(34)29-21-7-3-2-4-8-21/h5-6,9-10,13-14,19-21H,2-4,7-8,11-12,15-18H2,1H3,(H,29,34)(H,30,33). The number of amides is 2. The summed E-state index contributed by atoms with van der Waals surface area (Å²) >= 11 is 0. The van der Waals surface area contributed by atoms with Gasteiger partial charge in [-0.25, -0.2) is 0 Å². The van der Waals surface area contributed by atoms with Gasteiger partial charge in [0, 0.05) is 49.5 Å². The number of piperazine rings is 1. The van der Waals surface area contributed by atoms with Gasteiger partial charge in [0.2, 0.25) is 5.91 Å². The van der Waals surface area contributed by atoms with E-state index in [-0.39, 0.29) is 23.8 Å². The van der Waals surface area contributed by atoms with Crippen LogP contribution in [-0.2, 0) is 4.79 Å². The first-order chi connectivity index (χ1) is 17.1. The van der Waals surface area contributed by atoms with Crippen LogP contribution in [0.3, 0.4) is 0 Å². The maximum absolute atomic E-state index is 13.5. The number of carbonyl (C=O) groups is 2. The molecule has 0 spiro atoms. The lowest BCUT2D eigenvalue weighted by molar-refractivity contribution is -0.117. The molecule has 0 radical (unpaired) electrons. The SMILES string of the molecule is COc1ccccc1N1CCN(c2ccc(NC(=O)C3CC3)cc2C(=O)NC2CCCCC2)CC1. The Morgan fingerprint density at radius 3 is 2.23 bits per heavy atom. The van der Waals surface area contributed by atoms with Gasteiger partial charge in [-0.15, -0.1) is 0 Å². The second kappa shape index (κ2) is 10.6. The van der Waals surface area contributed by atoms with E-state index in [1.165, 1.54) is 19.3 Å². The molecule has 2 amide bonds. The number of carbonyl (C=O) groups excluding carboxylic acids is 2. The molecule has 3 aliphatic rings. The van der Waals surface area contributed by atoms with Crippen molar-refractivity contribution in [1.82, 2.24) is 5.32 Å². The molecular formula is C28H36N4O3. The molecule has 1 heterocycles. The van der Waals surface area contributed by atoms with E-state index < -0.39 is 0 Å². The van der Waals surface area contributed by atoms with Gasteiger partial charge in [-0.2, -0.15) is 0 Å². The van der Waals surface area contributed by atoms with Gasteiger partial charge in [0.05, 0.1) is 18.4 Å². The third-order valence-electron chi connectivity index (χ3n) is 7.44. The molecule has 2 aromatic carbocycles. The van der Waals surface area contributed by atoms with E-state index in [9.17, 15) is 9.59 Å². The second-order valence-electron chi connectivity index (χ2n) is 9.95. The zero-order valence-corrected chi connectivity index (χ0v) is 20.6. The third kappa shape index (κ3) is 5.55. The van der Waals surface area contributed by atoms with Crippen molar-refractivity contribution in [2.75, 3.05) is 48.4 Å². The minimum absolute atomic E-state index is 0.0402. The minimum atomic E-state index is -0.0402.